The summed E-state index contributed by atoms with van der Waals surface area (Å²) in [6.45, 7) is 5.60. The molecule has 1 aliphatic carbocycles. The molecule has 3 rings (SSSR count). The van der Waals surface area contributed by atoms with E-state index in [9.17, 15) is 8.78 Å². The van der Waals surface area contributed by atoms with E-state index in [0.717, 1.165) is 45.1 Å². The van der Waals surface area contributed by atoms with E-state index in [1.54, 1.807) is 0 Å². The number of rotatable bonds is 8. The summed E-state index contributed by atoms with van der Waals surface area (Å²) < 4.78 is 45.3. The van der Waals surface area contributed by atoms with E-state index in [4.69, 9.17) is 14.2 Å². The van der Waals surface area contributed by atoms with Gasteiger partial charge in [0.15, 0.2) is 11.5 Å². The van der Waals surface area contributed by atoms with Gasteiger partial charge in [-0.25, -0.2) is 0 Å². The highest BCUT2D eigenvalue weighted by atomic mass is 19.2. The number of benzene rings is 1. The van der Waals surface area contributed by atoms with Crippen LogP contribution in [0.5, 0.6) is 11.5 Å². The normalized spacial score (nSPS) is 27.9. The fraction of sp³-hybridized carbons (Fsp3) is 0.667. The molecule has 1 saturated carbocycles. The Balaban J connectivity index is 1.43. The van der Waals surface area contributed by atoms with Crippen LogP contribution < -0.4 is 9.47 Å². The lowest BCUT2D eigenvalue weighted by Gasteiger charge is -2.37. The van der Waals surface area contributed by atoms with Crippen LogP contribution >= 0.6 is 0 Å². The average molecular weight is 409 g/mol. The third-order valence-corrected chi connectivity index (χ3v) is 6.18. The molecule has 2 fully saturated rings. The van der Waals surface area contributed by atoms with Gasteiger partial charge in [-0.3, -0.25) is 0 Å². The van der Waals surface area contributed by atoms with E-state index in [-0.39, 0.29) is 11.5 Å². The Kier molecular flexibility index (Phi) is 8.34. The van der Waals surface area contributed by atoms with Crippen molar-refractivity contribution in [1.29, 1.82) is 0 Å². The summed E-state index contributed by atoms with van der Waals surface area (Å²) in [6, 6.07) is 2.91. The van der Waals surface area contributed by atoms with Gasteiger partial charge in [-0.15, -0.1) is 0 Å². The quantitative estimate of drug-likeness (QED) is 0.472. The van der Waals surface area contributed by atoms with Crippen LogP contribution in [0, 0.1) is 29.4 Å². The van der Waals surface area contributed by atoms with Gasteiger partial charge in [-0.05, 0) is 75.8 Å². The summed E-state index contributed by atoms with van der Waals surface area (Å²) in [7, 11) is 0. The van der Waals surface area contributed by atoms with Crippen LogP contribution in [0.15, 0.2) is 24.3 Å². The van der Waals surface area contributed by atoms with Crippen LogP contribution in [0.25, 0.3) is 0 Å². The molecule has 1 saturated heterocycles. The molecule has 1 aliphatic heterocycles. The Morgan fingerprint density at radius 2 is 1.69 bits per heavy atom. The Morgan fingerprint density at radius 3 is 2.28 bits per heavy atom. The molecule has 1 aromatic carbocycles. The summed E-state index contributed by atoms with van der Waals surface area (Å²) >= 11 is 0. The minimum absolute atomic E-state index is 0.0286. The summed E-state index contributed by atoms with van der Waals surface area (Å²) in [4.78, 5) is 0. The molecular formula is C24H34F2O3. The molecule has 1 heterocycles. The zero-order chi connectivity index (χ0) is 20.6. The van der Waals surface area contributed by atoms with Crippen LogP contribution in [0.1, 0.15) is 58.8 Å². The van der Waals surface area contributed by atoms with Gasteiger partial charge >= 0.3 is 0 Å². The fourth-order valence-corrected chi connectivity index (χ4v) is 4.47. The predicted octanol–water partition coefficient (Wildman–Crippen LogP) is 6.31. The number of halogens is 2. The van der Waals surface area contributed by atoms with Crippen molar-refractivity contribution in [1.82, 2.24) is 0 Å². The molecule has 2 unspecified atom stereocenters. The summed E-state index contributed by atoms with van der Waals surface area (Å²) in [5.74, 6) is -0.453. The molecule has 5 heteroatoms. The van der Waals surface area contributed by atoms with Crippen molar-refractivity contribution in [2.24, 2.45) is 17.8 Å². The van der Waals surface area contributed by atoms with Gasteiger partial charge in [0.1, 0.15) is 0 Å². The van der Waals surface area contributed by atoms with Gasteiger partial charge in [-0.1, -0.05) is 19.1 Å². The first-order valence-corrected chi connectivity index (χ1v) is 11.1. The lowest BCUT2D eigenvalue weighted by Crippen LogP contribution is -2.34. The third kappa shape index (κ3) is 5.94. The van der Waals surface area contributed by atoms with Gasteiger partial charge in [0.2, 0.25) is 11.6 Å². The first-order chi connectivity index (χ1) is 14.1. The second kappa shape index (κ2) is 11.0. The SMILES string of the molecule is C/C=C/C1CCC(C2CCC(COc3ccc(OCCC)c(F)c3F)CC2)OC1. The summed E-state index contributed by atoms with van der Waals surface area (Å²) in [5, 5.41) is 0. The lowest BCUT2D eigenvalue weighted by molar-refractivity contribution is -0.0504. The Hall–Kier alpha value is -1.62. The van der Waals surface area contributed by atoms with Gasteiger partial charge < -0.3 is 14.2 Å². The summed E-state index contributed by atoms with van der Waals surface area (Å²) in [5.41, 5.74) is 0. The minimum atomic E-state index is -0.967. The first-order valence-electron chi connectivity index (χ1n) is 11.1. The van der Waals surface area contributed by atoms with Crippen LogP contribution in [-0.4, -0.2) is 25.9 Å². The highest BCUT2D eigenvalue weighted by Gasteiger charge is 2.31. The second-order valence-corrected chi connectivity index (χ2v) is 8.37. The molecule has 0 radical (unpaired) electrons. The Morgan fingerprint density at radius 1 is 1.00 bits per heavy atom. The number of allylic oxidation sites excluding steroid dienone is 1. The standard InChI is InChI=1S/C24H34F2O3/c1-3-5-17-8-11-20(28-15-17)19-9-6-18(7-10-19)16-29-22-13-12-21(27-14-4-2)23(25)24(22)26/h3,5,12-13,17-20H,4,6-11,14-16H2,1-2H3/b5-3+. The minimum Gasteiger partial charge on any atom is -0.490 e. The van der Waals surface area contributed by atoms with Gasteiger partial charge in [0.05, 0.1) is 25.9 Å². The third-order valence-electron chi connectivity index (χ3n) is 6.18. The van der Waals surface area contributed by atoms with Crippen molar-refractivity contribution in [2.75, 3.05) is 19.8 Å². The van der Waals surface area contributed by atoms with Crippen molar-refractivity contribution in [2.45, 2.75) is 64.9 Å². The predicted molar refractivity (Wildman–Crippen MR) is 110 cm³/mol. The van der Waals surface area contributed by atoms with Gasteiger partial charge in [0.25, 0.3) is 0 Å². The van der Waals surface area contributed by atoms with E-state index < -0.39 is 11.6 Å². The lowest BCUT2D eigenvalue weighted by atomic mass is 9.77. The molecule has 3 nitrogen and oxygen atoms in total. The molecule has 1 aromatic rings. The Labute approximate surface area is 173 Å². The number of hydrogen-bond acceptors (Lipinski definition) is 3. The molecule has 0 aromatic heterocycles. The van der Waals surface area contributed by atoms with Crippen molar-refractivity contribution in [3.63, 3.8) is 0 Å². The smallest absolute Gasteiger partial charge is 0.204 e. The van der Waals surface area contributed by atoms with Gasteiger partial charge in [-0.2, -0.15) is 8.78 Å². The fourth-order valence-electron chi connectivity index (χ4n) is 4.47. The van der Waals surface area contributed by atoms with Crippen molar-refractivity contribution in [3.05, 3.63) is 35.9 Å². The highest BCUT2D eigenvalue weighted by Crippen LogP contribution is 2.37. The monoisotopic (exact) mass is 408 g/mol. The molecule has 29 heavy (non-hydrogen) atoms. The molecule has 0 N–H and O–H groups in total. The highest BCUT2D eigenvalue weighted by molar-refractivity contribution is 5.35. The number of hydrogen-bond donors (Lipinski definition) is 0. The Bertz CT molecular complexity index is 660. The van der Waals surface area contributed by atoms with E-state index in [1.165, 1.54) is 18.6 Å². The van der Waals surface area contributed by atoms with Gasteiger partial charge in [0, 0.05) is 5.92 Å². The van der Waals surface area contributed by atoms with Crippen molar-refractivity contribution in [3.8, 4) is 11.5 Å². The maximum Gasteiger partial charge on any atom is 0.204 e. The maximum atomic E-state index is 14.2. The molecule has 0 spiro atoms. The van der Waals surface area contributed by atoms with E-state index >= 15 is 0 Å². The van der Waals surface area contributed by atoms with Crippen LogP contribution in [0.2, 0.25) is 0 Å². The first kappa shape index (κ1) is 22.1. The van der Waals surface area contributed by atoms with E-state index in [1.807, 2.05) is 6.92 Å². The second-order valence-electron chi connectivity index (χ2n) is 8.37. The van der Waals surface area contributed by atoms with Crippen LogP contribution in [0.4, 0.5) is 8.78 Å². The van der Waals surface area contributed by atoms with Crippen molar-refractivity contribution >= 4 is 0 Å². The maximum absolute atomic E-state index is 14.2. The average Bonchev–Trinajstić information content (AvgIpc) is 2.75. The molecule has 162 valence electrons. The number of ether oxygens (including phenoxy) is 3. The molecule has 2 atom stereocenters. The van der Waals surface area contributed by atoms with Crippen LogP contribution in [0.3, 0.4) is 0 Å². The topological polar surface area (TPSA) is 27.7 Å². The molecule has 0 amide bonds. The van der Waals surface area contributed by atoms with E-state index in [0.29, 0.717) is 37.1 Å². The largest absolute Gasteiger partial charge is 0.490 e. The summed E-state index contributed by atoms with van der Waals surface area (Å²) in [6.07, 6.45) is 12.1. The zero-order valence-electron chi connectivity index (χ0n) is 17.7. The molecular weight excluding hydrogens is 374 g/mol. The van der Waals surface area contributed by atoms with Crippen LogP contribution in [-0.2, 0) is 4.74 Å². The van der Waals surface area contributed by atoms with Crippen molar-refractivity contribution < 1.29 is 23.0 Å². The zero-order valence-corrected chi connectivity index (χ0v) is 17.7. The van der Waals surface area contributed by atoms with E-state index in [2.05, 4.69) is 19.1 Å². The molecule has 2 aliphatic rings. The molecule has 0 bridgehead atoms.